The average Bonchev–Trinajstić information content (AvgIpc) is 2.49. The Balaban J connectivity index is 2.19. The van der Waals surface area contributed by atoms with Crippen molar-refractivity contribution in [2.24, 2.45) is 0 Å². The largest absolute Gasteiger partial charge is 0.477 e. The van der Waals surface area contributed by atoms with Crippen LogP contribution in [0.15, 0.2) is 18.3 Å². The van der Waals surface area contributed by atoms with E-state index in [9.17, 15) is 15.0 Å². The van der Waals surface area contributed by atoms with Gasteiger partial charge in [-0.15, -0.1) is 0 Å². The number of carbonyl (C=O) groups is 1. The van der Waals surface area contributed by atoms with Gasteiger partial charge in [-0.1, -0.05) is 0 Å². The highest BCUT2D eigenvalue weighted by atomic mass is 16.5. The molecule has 2 N–H and O–H groups in total. The fourth-order valence-corrected chi connectivity index (χ4v) is 2.25. The van der Waals surface area contributed by atoms with E-state index in [4.69, 9.17) is 9.47 Å². The zero-order valence-electron chi connectivity index (χ0n) is 12.1. The summed E-state index contributed by atoms with van der Waals surface area (Å²) in [6.45, 7) is 2.44. The van der Waals surface area contributed by atoms with E-state index in [1.54, 1.807) is 25.4 Å². The third-order valence-electron chi connectivity index (χ3n) is 3.47. The highest BCUT2D eigenvalue weighted by molar-refractivity contribution is 5.96. The Hall–Kier alpha value is -1.70. The molecule has 0 unspecified atom stereocenters. The molecule has 1 aromatic rings. The minimum Gasteiger partial charge on any atom is -0.477 e. The van der Waals surface area contributed by atoms with Crippen LogP contribution in [0.5, 0.6) is 5.88 Å². The number of amides is 1. The molecule has 0 bridgehead atoms. The monoisotopic (exact) mass is 296 g/mol. The third-order valence-corrected chi connectivity index (χ3v) is 3.47. The lowest BCUT2D eigenvalue weighted by Crippen LogP contribution is -2.56. The number of ether oxygens (including phenoxy) is 2. The lowest BCUT2D eigenvalue weighted by molar-refractivity contribution is -0.122. The normalized spacial score (nSPS) is 25.4. The second-order valence-corrected chi connectivity index (χ2v) is 4.87. The number of pyridine rings is 1. The van der Waals surface area contributed by atoms with Crippen LogP contribution in [-0.2, 0) is 4.74 Å². The van der Waals surface area contributed by atoms with Crippen molar-refractivity contribution in [3.8, 4) is 5.88 Å². The minimum absolute atomic E-state index is 0.0663. The van der Waals surface area contributed by atoms with E-state index in [-0.39, 0.29) is 25.0 Å². The van der Waals surface area contributed by atoms with E-state index in [0.29, 0.717) is 12.2 Å². The molecule has 2 rings (SSSR count). The lowest BCUT2D eigenvalue weighted by Gasteiger charge is -2.37. The second kappa shape index (κ2) is 6.84. The van der Waals surface area contributed by atoms with E-state index in [1.807, 2.05) is 6.92 Å². The number of aromatic nitrogens is 1. The van der Waals surface area contributed by atoms with Crippen molar-refractivity contribution in [1.82, 2.24) is 9.88 Å². The molecule has 1 aliphatic rings. The van der Waals surface area contributed by atoms with Crippen molar-refractivity contribution >= 4 is 5.91 Å². The fraction of sp³-hybridized carbons (Fsp3) is 0.571. The molecule has 0 radical (unpaired) electrons. The van der Waals surface area contributed by atoms with Gasteiger partial charge in [0.2, 0.25) is 5.88 Å². The zero-order chi connectivity index (χ0) is 15.4. The first-order valence-electron chi connectivity index (χ1n) is 6.85. The van der Waals surface area contributed by atoms with Crippen LogP contribution >= 0.6 is 0 Å². The van der Waals surface area contributed by atoms with Gasteiger partial charge >= 0.3 is 0 Å². The number of hydrogen-bond donors (Lipinski definition) is 2. The van der Waals surface area contributed by atoms with Gasteiger partial charge in [-0.25, -0.2) is 4.98 Å². The van der Waals surface area contributed by atoms with E-state index in [0.717, 1.165) is 0 Å². The Kier molecular flexibility index (Phi) is 5.11. The Morgan fingerprint density at radius 1 is 1.52 bits per heavy atom. The van der Waals surface area contributed by atoms with Crippen molar-refractivity contribution in [1.29, 1.82) is 0 Å². The number of hydrogen-bond acceptors (Lipinski definition) is 6. The molecule has 3 atom stereocenters. The molecule has 1 aromatic heterocycles. The summed E-state index contributed by atoms with van der Waals surface area (Å²) >= 11 is 0. The number of aliphatic hydroxyl groups excluding tert-OH is 2. The maximum Gasteiger partial charge on any atom is 0.259 e. The topological polar surface area (TPSA) is 92.1 Å². The SMILES string of the molecule is CCOc1ncccc1C(=O)N(C)[C@@H]1COC[C@@H](O)[C@H]1O. The molecule has 0 saturated carbocycles. The third kappa shape index (κ3) is 3.31. The van der Waals surface area contributed by atoms with Crippen LogP contribution in [0.3, 0.4) is 0 Å². The van der Waals surface area contributed by atoms with Gasteiger partial charge in [-0.3, -0.25) is 4.79 Å². The van der Waals surface area contributed by atoms with Crippen molar-refractivity contribution in [2.75, 3.05) is 26.9 Å². The number of aliphatic hydroxyl groups is 2. The summed E-state index contributed by atoms with van der Waals surface area (Å²) in [5.41, 5.74) is 0.314. The van der Waals surface area contributed by atoms with Crippen LogP contribution in [0.4, 0.5) is 0 Å². The molecule has 1 aliphatic heterocycles. The van der Waals surface area contributed by atoms with E-state index >= 15 is 0 Å². The van der Waals surface area contributed by atoms with Crippen molar-refractivity contribution in [3.63, 3.8) is 0 Å². The van der Waals surface area contributed by atoms with Crippen LogP contribution in [0.25, 0.3) is 0 Å². The molecule has 1 fully saturated rings. The predicted octanol–water partition coefficient (Wildman–Crippen LogP) is -0.327. The Labute approximate surface area is 123 Å². The van der Waals surface area contributed by atoms with E-state index in [1.165, 1.54) is 4.90 Å². The molecule has 7 nitrogen and oxygen atoms in total. The van der Waals surface area contributed by atoms with Gasteiger partial charge < -0.3 is 24.6 Å². The molecule has 1 amide bonds. The van der Waals surface area contributed by atoms with Crippen molar-refractivity contribution in [2.45, 2.75) is 25.2 Å². The Bertz CT molecular complexity index is 496. The second-order valence-electron chi connectivity index (χ2n) is 4.87. The van der Waals surface area contributed by atoms with Gasteiger partial charge in [-0.05, 0) is 19.1 Å². The summed E-state index contributed by atoms with van der Waals surface area (Å²) in [4.78, 5) is 17.9. The van der Waals surface area contributed by atoms with Crippen LogP contribution < -0.4 is 4.74 Å². The van der Waals surface area contributed by atoms with Gasteiger partial charge in [0.15, 0.2) is 0 Å². The smallest absolute Gasteiger partial charge is 0.259 e. The van der Waals surface area contributed by atoms with E-state index < -0.39 is 18.2 Å². The lowest BCUT2D eigenvalue weighted by atomic mass is 10.0. The highest BCUT2D eigenvalue weighted by Crippen LogP contribution is 2.20. The van der Waals surface area contributed by atoms with Crippen molar-refractivity contribution < 1.29 is 24.5 Å². The van der Waals surface area contributed by atoms with Gasteiger partial charge in [-0.2, -0.15) is 0 Å². The molecular weight excluding hydrogens is 276 g/mol. The maximum absolute atomic E-state index is 12.5. The van der Waals surface area contributed by atoms with Crippen LogP contribution in [0, 0.1) is 0 Å². The van der Waals surface area contributed by atoms with Gasteiger partial charge in [0.05, 0.1) is 25.9 Å². The summed E-state index contributed by atoms with van der Waals surface area (Å²) in [6, 6.07) is 2.64. The molecule has 2 heterocycles. The number of likely N-dealkylation sites (N-methyl/N-ethyl adjacent to an activating group) is 1. The first-order chi connectivity index (χ1) is 10.1. The number of nitrogens with zero attached hydrogens (tertiary/aromatic N) is 2. The highest BCUT2D eigenvalue weighted by Gasteiger charge is 2.36. The number of rotatable bonds is 4. The zero-order valence-corrected chi connectivity index (χ0v) is 12.1. The van der Waals surface area contributed by atoms with Crippen LogP contribution in [0.1, 0.15) is 17.3 Å². The number of carbonyl (C=O) groups excluding carboxylic acids is 1. The summed E-state index contributed by atoms with van der Waals surface area (Å²) in [7, 11) is 1.56. The average molecular weight is 296 g/mol. The van der Waals surface area contributed by atoms with Crippen LogP contribution in [0.2, 0.25) is 0 Å². The summed E-state index contributed by atoms with van der Waals surface area (Å²) in [5, 5.41) is 19.6. The summed E-state index contributed by atoms with van der Waals surface area (Å²) < 4.78 is 10.5. The minimum atomic E-state index is -1.04. The standard InChI is InChI=1S/C14H20N2O5/c1-3-21-13-9(5-4-6-15-13)14(19)16(2)10-7-20-8-11(17)12(10)18/h4-6,10-12,17-18H,3,7-8H2,1-2H3/t10-,11-,12+/m1/s1. The van der Waals surface area contributed by atoms with Gasteiger partial charge in [0.25, 0.3) is 5.91 Å². The molecule has 0 aliphatic carbocycles. The Morgan fingerprint density at radius 3 is 3.00 bits per heavy atom. The first-order valence-corrected chi connectivity index (χ1v) is 6.85. The molecular formula is C14H20N2O5. The fourth-order valence-electron chi connectivity index (χ4n) is 2.25. The quantitative estimate of drug-likeness (QED) is 0.790. The molecule has 0 spiro atoms. The maximum atomic E-state index is 12.5. The van der Waals surface area contributed by atoms with Gasteiger partial charge in [0, 0.05) is 13.2 Å². The Morgan fingerprint density at radius 2 is 2.29 bits per heavy atom. The van der Waals surface area contributed by atoms with E-state index in [2.05, 4.69) is 4.98 Å². The summed E-state index contributed by atoms with van der Waals surface area (Å²) in [5.74, 6) is -0.0862. The van der Waals surface area contributed by atoms with Gasteiger partial charge in [0.1, 0.15) is 17.8 Å². The van der Waals surface area contributed by atoms with Crippen LogP contribution in [-0.4, -0.2) is 71.1 Å². The predicted molar refractivity (Wildman–Crippen MR) is 74.1 cm³/mol. The molecule has 0 aromatic carbocycles. The molecule has 1 saturated heterocycles. The summed E-state index contributed by atoms with van der Waals surface area (Å²) in [6.07, 6.45) is -0.497. The van der Waals surface area contributed by atoms with Crippen molar-refractivity contribution in [3.05, 3.63) is 23.9 Å². The molecule has 21 heavy (non-hydrogen) atoms. The first kappa shape index (κ1) is 15.7. The molecule has 7 heteroatoms. The molecule has 116 valence electrons.